The molecule has 6 nitrogen and oxygen atoms in total. The van der Waals surface area contributed by atoms with E-state index in [0.717, 1.165) is 4.90 Å². The van der Waals surface area contributed by atoms with E-state index in [2.05, 4.69) is 11.4 Å². The minimum Gasteiger partial charge on any atom is -0.391 e. The smallest absolute Gasteiger partial charge is 0.329 e. The Morgan fingerprint density at radius 1 is 1.23 bits per heavy atom. The lowest BCUT2D eigenvalue weighted by Crippen LogP contribution is -2.39. The maximum Gasteiger partial charge on any atom is 0.329 e. The normalized spacial score (nSPS) is 19.1. The van der Waals surface area contributed by atoms with Crippen LogP contribution in [0.2, 0.25) is 0 Å². The lowest BCUT2D eigenvalue weighted by Gasteiger charge is -2.16. The SMILES string of the molecule is C[C@@H](O)[C@@H]1NC(=O)N(c2ccc(C#N)c3ccccc23)C1=O. The Balaban J connectivity index is 2.18. The molecule has 0 saturated carbocycles. The summed E-state index contributed by atoms with van der Waals surface area (Å²) in [5.74, 6) is -0.505. The van der Waals surface area contributed by atoms with Gasteiger partial charge in [0, 0.05) is 10.8 Å². The van der Waals surface area contributed by atoms with Crippen molar-refractivity contribution in [2.24, 2.45) is 0 Å². The van der Waals surface area contributed by atoms with Gasteiger partial charge in [-0.25, -0.2) is 9.69 Å². The Morgan fingerprint density at radius 3 is 2.50 bits per heavy atom. The summed E-state index contributed by atoms with van der Waals surface area (Å²) in [5.41, 5.74) is 0.874. The first-order valence-corrected chi connectivity index (χ1v) is 6.79. The van der Waals surface area contributed by atoms with E-state index in [-0.39, 0.29) is 0 Å². The highest BCUT2D eigenvalue weighted by Gasteiger charge is 2.42. The molecule has 1 saturated heterocycles. The molecule has 1 aliphatic rings. The van der Waals surface area contributed by atoms with Crippen LogP contribution in [0.3, 0.4) is 0 Å². The van der Waals surface area contributed by atoms with Gasteiger partial charge in [0.15, 0.2) is 0 Å². The van der Waals surface area contributed by atoms with E-state index in [0.29, 0.717) is 22.0 Å². The number of nitriles is 1. The number of rotatable bonds is 2. The van der Waals surface area contributed by atoms with Crippen LogP contribution in [-0.2, 0) is 4.79 Å². The number of hydrogen-bond acceptors (Lipinski definition) is 4. The highest BCUT2D eigenvalue weighted by molar-refractivity contribution is 6.24. The number of nitrogens with zero attached hydrogens (tertiary/aromatic N) is 2. The van der Waals surface area contributed by atoms with Gasteiger partial charge in [-0.05, 0) is 19.1 Å². The van der Waals surface area contributed by atoms with Crippen molar-refractivity contribution in [2.75, 3.05) is 4.90 Å². The highest BCUT2D eigenvalue weighted by Crippen LogP contribution is 2.31. The number of aliphatic hydroxyl groups excluding tert-OH is 1. The summed E-state index contributed by atoms with van der Waals surface area (Å²) >= 11 is 0. The number of hydrogen-bond donors (Lipinski definition) is 2. The molecule has 0 bridgehead atoms. The summed E-state index contributed by atoms with van der Waals surface area (Å²) in [6, 6.07) is 10.8. The Kier molecular flexibility index (Phi) is 3.28. The van der Waals surface area contributed by atoms with Gasteiger partial charge >= 0.3 is 6.03 Å². The third-order valence-corrected chi connectivity index (χ3v) is 3.71. The van der Waals surface area contributed by atoms with Crippen LogP contribution in [0.1, 0.15) is 12.5 Å². The molecule has 0 spiro atoms. The molecule has 0 unspecified atom stereocenters. The predicted octanol–water partition coefficient (Wildman–Crippen LogP) is 1.52. The van der Waals surface area contributed by atoms with E-state index in [9.17, 15) is 14.7 Å². The molecule has 110 valence electrons. The molecular formula is C16H13N3O3. The van der Waals surface area contributed by atoms with E-state index in [4.69, 9.17) is 5.26 Å². The minimum absolute atomic E-state index is 0.403. The summed E-state index contributed by atoms with van der Waals surface area (Å²) in [4.78, 5) is 25.5. The quantitative estimate of drug-likeness (QED) is 0.821. The van der Waals surface area contributed by atoms with Gasteiger partial charge in [0.05, 0.1) is 23.4 Å². The fourth-order valence-corrected chi connectivity index (χ4v) is 2.63. The summed E-state index contributed by atoms with van der Waals surface area (Å²) < 4.78 is 0. The Morgan fingerprint density at radius 2 is 1.91 bits per heavy atom. The summed E-state index contributed by atoms with van der Waals surface area (Å²) in [6.07, 6.45) is -0.980. The van der Waals surface area contributed by atoms with Crippen molar-refractivity contribution < 1.29 is 14.7 Å². The molecule has 1 heterocycles. The topological polar surface area (TPSA) is 93.4 Å². The monoisotopic (exact) mass is 295 g/mol. The maximum atomic E-state index is 12.4. The largest absolute Gasteiger partial charge is 0.391 e. The zero-order valence-corrected chi connectivity index (χ0v) is 11.8. The fourth-order valence-electron chi connectivity index (χ4n) is 2.63. The van der Waals surface area contributed by atoms with Gasteiger partial charge in [-0.2, -0.15) is 5.26 Å². The summed E-state index contributed by atoms with van der Waals surface area (Å²) in [7, 11) is 0. The maximum absolute atomic E-state index is 12.4. The summed E-state index contributed by atoms with van der Waals surface area (Å²) in [6.45, 7) is 1.45. The molecule has 0 aromatic heterocycles. The standard InChI is InChI=1S/C16H13N3O3/c1-9(20)14-15(21)19(16(22)18-14)13-7-6-10(8-17)11-4-2-3-5-12(11)13/h2-7,9,14,20H,1H3,(H,18,22)/t9-,14+/m1/s1. The second kappa shape index (κ2) is 5.13. The molecule has 2 aromatic carbocycles. The molecule has 1 aliphatic heterocycles. The van der Waals surface area contributed by atoms with Gasteiger partial charge in [-0.15, -0.1) is 0 Å². The second-order valence-electron chi connectivity index (χ2n) is 5.13. The van der Waals surface area contributed by atoms with Crippen LogP contribution in [0.15, 0.2) is 36.4 Å². The highest BCUT2D eigenvalue weighted by atomic mass is 16.3. The van der Waals surface area contributed by atoms with Crippen LogP contribution in [-0.4, -0.2) is 29.2 Å². The van der Waals surface area contributed by atoms with Gasteiger partial charge in [0.25, 0.3) is 5.91 Å². The molecule has 3 rings (SSSR count). The molecule has 2 N–H and O–H groups in total. The first-order chi connectivity index (χ1) is 10.5. The van der Waals surface area contributed by atoms with Crippen molar-refractivity contribution in [3.05, 3.63) is 42.0 Å². The Hall–Kier alpha value is -2.91. The number of carbonyl (C=O) groups excluding carboxylic acids is 2. The van der Waals surface area contributed by atoms with E-state index >= 15 is 0 Å². The molecule has 0 aliphatic carbocycles. The second-order valence-corrected chi connectivity index (χ2v) is 5.13. The van der Waals surface area contributed by atoms with Gasteiger partial charge in [-0.3, -0.25) is 4.79 Å². The van der Waals surface area contributed by atoms with E-state index in [1.54, 1.807) is 36.4 Å². The number of benzene rings is 2. The molecule has 2 atom stereocenters. The van der Waals surface area contributed by atoms with Gasteiger partial charge < -0.3 is 10.4 Å². The number of nitrogens with one attached hydrogen (secondary N) is 1. The van der Waals surface area contributed by atoms with E-state index in [1.807, 2.05) is 0 Å². The third kappa shape index (κ3) is 2.00. The zero-order valence-electron chi connectivity index (χ0n) is 11.8. The first kappa shape index (κ1) is 14.0. The molecule has 1 fully saturated rings. The summed E-state index contributed by atoms with van der Waals surface area (Å²) in [5, 5.41) is 22.5. The van der Waals surface area contributed by atoms with Crippen LogP contribution in [0.4, 0.5) is 10.5 Å². The lowest BCUT2D eigenvalue weighted by atomic mass is 10.0. The molecule has 6 heteroatoms. The average molecular weight is 295 g/mol. The molecule has 22 heavy (non-hydrogen) atoms. The Bertz CT molecular complexity index is 823. The van der Waals surface area contributed by atoms with Crippen LogP contribution in [0, 0.1) is 11.3 Å². The first-order valence-electron chi connectivity index (χ1n) is 6.79. The average Bonchev–Trinajstić information content (AvgIpc) is 2.81. The van der Waals surface area contributed by atoms with Gasteiger partial charge in [0.1, 0.15) is 6.04 Å². The zero-order chi connectivity index (χ0) is 15.9. The predicted molar refractivity (Wildman–Crippen MR) is 80.1 cm³/mol. The van der Waals surface area contributed by atoms with Crippen LogP contribution in [0.5, 0.6) is 0 Å². The van der Waals surface area contributed by atoms with Crippen LogP contribution >= 0.6 is 0 Å². The van der Waals surface area contributed by atoms with Crippen LogP contribution in [0.25, 0.3) is 10.8 Å². The molecule has 3 amide bonds. The van der Waals surface area contributed by atoms with Crippen LogP contribution < -0.4 is 10.2 Å². The number of fused-ring (bicyclic) bond motifs is 1. The minimum atomic E-state index is -0.980. The third-order valence-electron chi connectivity index (χ3n) is 3.71. The van der Waals surface area contributed by atoms with Crippen molar-refractivity contribution in [3.8, 4) is 6.07 Å². The van der Waals surface area contributed by atoms with E-state index < -0.39 is 24.1 Å². The molecular weight excluding hydrogens is 282 g/mol. The number of carbonyl (C=O) groups is 2. The number of amides is 3. The van der Waals surface area contributed by atoms with Crippen molar-refractivity contribution in [2.45, 2.75) is 19.1 Å². The number of urea groups is 1. The van der Waals surface area contributed by atoms with Gasteiger partial charge in [-0.1, -0.05) is 24.3 Å². The number of aliphatic hydroxyl groups is 1. The molecule has 0 radical (unpaired) electrons. The van der Waals surface area contributed by atoms with Crippen molar-refractivity contribution >= 4 is 28.4 Å². The lowest BCUT2D eigenvalue weighted by molar-refractivity contribution is -0.120. The van der Waals surface area contributed by atoms with Crippen molar-refractivity contribution in [1.82, 2.24) is 5.32 Å². The van der Waals surface area contributed by atoms with Crippen molar-refractivity contribution in [1.29, 1.82) is 5.26 Å². The van der Waals surface area contributed by atoms with Gasteiger partial charge in [0.2, 0.25) is 0 Å². The van der Waals surface area contributed by atoms with Crippen molar-refractivity contribution in [3.63, 3.8) is 0 Å². The van der Waals surface area contributed by atoms with E-state index in [1.165, 1.54) is 6.92 Å². The fraction of sp³-hybridized carbons (Fsp3) is 0.188. The Labute approximate surface area is 126 Å². The molecule has 2 aromatic rings. The number of imide groups is 1. The number of anilines is 1.